The monoisotopic (exact) mass is 407 g/mol. The number of Topliss-reactive ketones (excluding diaryl/α,β-unsaturated/α-hetero) is 1. The Kier molecular flexibility index (Phi) is 7.88. The van der Waals surface area contributed by atoms with Crippen molar-refractivity contribution in [3.05, 3.63) is 0 Å². The molecule has 2 aliphatic rings. The van der Waals surface area contributed by atoms with Crippen LogP contribution in [0.15, 0.2) is 0 Å². The number of carbonyl (C=O) groups is 2. The van der Waals surface area contributed by atoms with E-state index in [4.69, 9.17) is 18.9 Å². The molecule has 0 aliphatic carbocycles. The van der Waals surface area contributed by atoms with E-state index in [0.29, 0.717) is 0 Å². The average Bonchev–Trinajstić information content (AvgIpc) is 2.63. The van der Waals surface area contributed by atoms with Crippen LogP contribution in [0.25, 0.3) is 0 Å². The lowest BCUT2D eigenvalue weighted by Gasteiger charge is -2.47. The van der Waals surface area contributed by atoms with E-state index in [2.05, 4.69) is 5.32 Å². The first-order valence-electron chi connectivity index (χ1n) is 9.04. The molecule has 28 heavy (non-hydrogen) atoms. The topological polar surface area (TPSA) is 164 Å². The molecule has 0 aromatic carbocycles. The Morgan fingerprint density at radius 1 is 1.04 bits per heavy atom. The highest BCUT2D eigenvalue weighted by atomic mass is 16.7. The Hall–Kier alpha value is -1.18. The first-order valence-corrected chi connectivity index (χ1v) is 9.04. The highest BCUT2D eigenvalue weighted by Crippen LogP contribution is 2.30. The standard InChI is InChI=1S/C17H29NO10/c1-6(20)14-16(25-4)12(23)13(24)17(27-14)28-15-10(18-8(3)21)7(2)26-9(5-19)11(15)22/h7,9-17,19,22-24H,5H2,1-4H3,(H,18,21)/t7-,9?,10+,11+,12?,13-,14?,15?,16-,17-/m0/s1. The van der Waals surface area contributed by atoms with Gasteiger partial charge in [0.25, 0.3) is 0 Å². The summed E-state index contributed by atoms with van der Waals surface area (Å²) >= 11 is 0. The molecule has 11 heteroatoms. The molecule has 0 aromatic heterocycles. The van der Waals surface area contributed by atoms with Crippen LogP contribution < -0.4 is 5.32 Å². The lowest BCUT2D eigenvalue weighted by atomic mass is 9.92. The van der Waals surface area contributed by atoms with E-state index in [0.717, 1.165) is 0 Å². The minimum atomic E-state index is -1.59. The van der Waals surface area contributed by atoms with Crippen molar-refractivity contribution in [2.75, 3.05) is 13.7 Å². The van der Waals surface area contributed by atoms with Crippen LogP contribution in [0.5, 0.6) is 0 Å². The fourth-order valence-electron chi connectivity index (χ4n) is 3.58. The van der Waals surface area contributed by atoms with Crippen molar-refractivity contribution >= 4 is 11.7 Å². The van der Waals surface area contributed by atoms with Gasteiger partial charge in [-0.15, -0.1) is 0 Å². The largest absolute Gasteiger partial charge is 0.394 e. The number of ketones is 1. The van der Waals surface area contributed by atoms with Crippen LogP contribution in [0.3, 0.4) is 0 Å². The number of amides is 1. The van der Waals surface area contributed by atoms with Crippen molar-refractivity contribution in [2.45, 2.75) is 81.9 Å². The summed E-state index contributed by atoms with van der Waals surface area (Å²) in [6.07, 6.45) is -11.0. The summed E-state index contributed by atoms with van der Waals surface area (Å²) < 4.78 is 21.8. The van der Waals surface area contributed by atoms with Crippen molar-refractivity contribution in [1.29, 1.82) is 0 Å². The summed E-state index contributed by atoms with van der Waals surface area (Å²) in [4.78, 5) is 23.4. The zero-order chi connectivity index (χ0) is 21.2. The molecule has 0 aromatic rings. The van der Waals surface area contributed by atoms with Gasteiger partial charge in [-0.05, 0) is 13.8 Å². The first-order chi connectivity index (χ1) is 13.1. The number of hydrogen-bond acceptors (Lipinski definition) is 10. The van der Waals surface area contributed by atoms with E-state index in [-0.39, 0.29) is 0 Å². The highest BCUT2D eigenvalue weighted by Gasteiger charge is 2.51. The molecule has 11 nitrogen and oxygen atoms in total. The highest BCUT2D eigenvalue weighted by molar-refractivity contribution is 5.81. The van der Waals surface area contributed by atoms with Gasteiger partial charge in [-0.3, -0.25) is 9.59 Å². The first kappa shape index (κ1) is 23.1. The molecule has 5 N–H and O–H groups in total. The van der Waals surface area contributed by atoms with Crippen LogP contribution in [0.1, 0.15) is 20.8 Å². The van der Waals surface area contributed by atoms with Gasteiger partial charge in [0, 0.05) is 14.0 Å². The van der Waals surface area contributed by atoms with Crippen molar-refractivity contribution in [3.8, 4) is 0 Å². The number of carbonyl (C=O) groups excluding carboxylic acids is 2. The zero-order valence-electron chi connectivity index (χ0n) is 16.2. The maximum Gasteiger partial charge on any atom is 0.217 e. The third-order valence-electron chi connectivity index (χ3n) is 5.03. The molecule has 1 amide bonds. The van der Waals surface area contributed by atoms with Gasteiger partial charge >= 0.3 is 0 Å². The third kappa shape index (κ3) is 4.69. The maximum atomic E-state index is 11.9. The minimum Gasteiger partial charge on any atom is -0.394 e. The molecule has 2 fully saturated rings. The summed E-state index contributed by atoms with van der Waals surface area (Å²) in [7, 11) is 1.27. The van der Waals surface area contributed by atoms with Gasteiger partial charge in [0.15, 0.2) is 12.1 Å². The number of rotatable bonds is 6. The van der Waals surface area contributed by atoms with Gasteiger partial charge < -0.3 is 44.7 Å². The van der Waals surface area contributed by atoms with Crippen molar-refractivity contribution in [2.24, 2.45) is 0 Å². The summed E-state index contributed by atoms with van der Waals surface area (Å²) in [5.74, 6) is -0.853. The van der Waals surface area contributed by atoms with Gasteiger partial charge in [0.05, 0.1) is 18.8 Å². The third-order valence-corrected chi connectivity index (χ3v) is 5.03. The number of aliphatic hydroxyl groups is 4. The van der Waals surface area contributed by atoms with Crippen LogP contribution in [-0.2, 0) is 28.5 Å². The minimum absolute atomic E-state index is 0.407. The molecule has 0 radical (unpaired) electrons. The molecule has 2 rings (SSSR count). The Balaban J connectivity index is 2.26. The molecule has 10 atom stereocenters. The van der Waals surface area contributed by atoms with Gasteiger partial charge in [-0.1, -0.05) is 0 Å². The van der Waals surface area contributed by atoms with E-state index in [1.54, 1.807) is 6.92 Å². The van der Waals surface area contributed by atoms with E-state index >= 15 is 0 Å². The number of nitrogens with one attached hydrogen (secondary N) is 1. The average molecular weight is 407 g/mol. The van der Waals surface area contributed by atoms with Crippen LogP contribution in [0.2, 0.25) is 0 Å². The summed E-state index contributed by atoms with van der Waals surface area (Å²) in [6, 6.07) is -0.834. The second-order valence-electron chi connectivity index (χ2n) is 7.10. The number of ether oxygens (including phenoxy) is 4. The molecule has 4 unspecified atom stereocenters. The number of hydrogen-bond donors (Lipinski definition) is 5. The second-order valence-corrected chi connectivity index (χ2v) is 7.10. The normalized spacial score (nSPS) is 44.1. The van der Waals surface area contributed by atoms with Crippen molar-refractivity contribution in [1.82, 2.24) is 5.32 Å². The predicted octanol–water partition coefficient (Wildman–Crippen LogP) is -2.93. The second kappa shape index (κ2) is 9.55. The summed E-state index contributed by atoms with van der Waals surface area (Å²) in [5, 5.41) is 43.2. The molecular weight excluding hydrogens is 378 g/mol. The zero-order valence-corrected chi connectivity index (χ0v) is 16.2. The van der Waals surface area contributed by atoms with Gasteiger partial charge in [0.2, 0.25) is 5.91 Å². The van der Waals surface area contributed by atoms with Crippen LogP contribution in [0.4, 0.5) is 0 Å². The fourth-order valence-corrected chi connectivity index (χ4v) is 3.58. The van der Waals surface area contributed by atoms with Gasteiger partial charge in [-0.25, -0.2) is 0 Å². The van der Waals surface area contributed by atoms with Crippen LogP contribution >= 0.6 is 0 Å². The SMILES string of the molecule is CO[C@@H]1C(C(C)=O)O[C@@H](OC2[C@H](O)C(CO)O[C@@H](C)[C@H]2NC(C)=O)[C@@H](O)C1O. The Morgan fingerprint density at radius 3 is 2.18 bits per heavy atom. The van der Waals surface area contributed by atoms with Gasteiger partial charge in [-0.2, -0.15) is 0 Å². The van der Waals surface area contributed by atoms with E-state index in [1.165, 1.54) is 21.0 Å². The molecular formula is C17H29NO10. The van der Waals surface area contributed by atoms with Crippen LogP contribution in [0, 0.1) is 0 Å². The number of methoxy groups -OCH3 is 1. The van der Waals surface area contributed by atoms with Gasteiger partial charge in [0.1, 0.15) is 42.7 Å². The Morgan fingerprint density at radius 2 is 1.68 bits per heavy atom. The molecule has 162 valence electrons. The molecule has 2 heterocycles. The van der Waals surface area contributed by atoms with Crippen molar-refractivity contribution < 1.29 is 49.0 Å². The molecule has 0 saturated carbocycles. The molecule has 2 saturated heterocycles. The van der Waals surface area contributed by atoms with E-state index < -0.39 is 79.5 Å². The summed E-state index contributed by atoms with van der Waals surface area (Å²) in [6.45, 7) is 3.64. The Bertz CT molecular complexity index is 560. The van der Waals surface area contributed by atoms with Crippen LogP contribution in [-0.4, -0.2) is 107 Å². The lowest BCUT2D eigenvalue weighted by molar-refractivity contribution is -0.325. The quantitative estimate of drug-likeness (QED) is 0.308. The van der Waals surface area contributed by atoms with Crippen molar-refractivity contribution in [3.63, 3.8) is 0 Å². The smallest absolute Gasteiger partial charge is 0.217 e. The van der Waals surface area contributed by atoms with E-state index in [9.17, 15) is 30.0 Å². The molecule has 0 spiro atoms. The lowest BCUT2D eigenvalue weighted by Crippen LogP contribution is -2.67. The molecule has 2 aliphatic heterocycles. The maximum absolute atomic E-state index is 11.9. The Labute approximate surface area is 162 Å². The predicted molar refractivity (Wildman–Crippen MR) is 92.1 cm³/mol. The fraction of sp³-hybridized carbons (Fsp3) is 0.882. The molecule has 0 bridgehead atoms. The van der Waals surface area contributed by atoms with E-state index in [1.807, 2.05) is 0 Å². The summed E-state index contributed by atoms with van der Waals surface area (Å²) in [5.41, 5.74) is 0. The number of aliphatic hydroxyl groups excluding tert-OH is 4.